The summed E-state index contributed by atoms with van der Waals surface area (Å²) in [4.78, 5) is 21.3. The molecule has 0 saturated carbocycles. The quantitative estimate of drug-likeness (QED) is 0.186. The zero-order valence-electron chi connectivity index (χ0n) is 12.1. The van der Waals surface area contributed by atoms with Crippen LogP contribution in [0.25, 0.3) is 0 Å². The van der Waals surface area contributed by atoms with Crippen molar-refractivity contribution < 1.29 is 34.6 Å². The molecule has 0 rings (SSSR count). The van der Waals surface area contributed by atoms with E-state index in [2.05, 4.69) is 6.58 Å². The van der Waals surface area contributed by atoms with Crippen LogP contribution in [0.5, 0.6) is 0 Å². The summed E-state index contributed by atoms with van der Waals surface area (Å²) in [6.45, 7) is 4.87. The summed E-state index contributed by atoms with van der Waals surface area (Å²) in [6, 6.07) is 0. The number of carbonyl (C=O) groups is 2. The van der Waals surface area contributed by atoms with E-state index in [0.29, 0.717) is 19.5 Å². The van der Waals surface area contributed by atoms with Crippen LogP contribution in [0.1, 0.15) is 19.8 Å². The highest BCUT2D eigenvalue weighted by molar-refractivity contribution is 5.85. The van der Waals surface area contributed by atoms with Gasteiger partial charge in [0.25, 0.3) is 0 Å². The summed E-state index contributed by atoms with van der Waals surface area (Å²) in [6.07, 6.45) is 2.74. The number of aliphatic hydroxyl groups is 2. The maximum absolute atomic E-state index is 10.7. The molecule has 8 heteroatoms. The molecule has 120 valence electrons. The third-order valence-corrected chi connectivity index (χ3v) is 3.25. The molecule has 0 saturated heterocycles. The maximum Gasteiger partial charge on any atom is 0.330 e. The average Bonchev–Trinajstić information content (AvgIpc) is 2.44. The van der Waals surface area contributed by atoms with Gasteiger partial charge in [-0.05, 0) is 13.3 Å². The van der Waals surface area contributed by atoms with Crippen LogP contribution in [0.4, 0.5) is 0 Å². The van der Waals surface area contributed by atoms with Gasteiger partial charge in [0.05, 0.1) is 12.5 Å². The Morgan fingerprint density at radius 3 is 2.29 bits per heavy atom. The van der Waals surface area contributed by atoms with Gasteiger partial charge in [0.15, 0.2) is 0 Å². The van der Waals surface area contributed by atoms with Gasteiger partial charge in [-0.1, -0.05) is 11.6 Å². The van der Waals surface area contributed by atoms with Gasteiger partial charge >= 0.3 is 5.97 Å². The van der Waals surface area contributed by atoms with E-state index in [4.69, 9.17) is 5.11 Å². The number of aliphatic hydroxyl groups excluding tert-OH is 2. The fourth-order valence-corrected chi connectivity index (χ4v) is 1.94. The van der Waals surface area contributed by atoms with E-state index >= 15 is 0 Å². The van der Waals surface area contributed by atoms with E-state index in [1.165, 1.54) is 11.2 Å². The minimum absolute atomic E-state index is 0.0487. The summed E-state index contributed by atoms with van der Waals surface area (Å²) in [5, 5.41) is 39.2. The molecule has 8 nitrogen and oxygen atoms in total. The molecule has 0 fully saturated rings. The van der Waals surface area contributed by atoms with Crippen molar-refractivity contribution in [2.24, 2.45) is 0 Å². The Morgan fingerprint density at radius 2 is 1.90 bits per heavy atom. The minimum atomic E-state index is -1.39. The Morgan fingerprint density at radius 1 is 1.33 bits per heavy atom. The predicted octanol–water partition coefficient (Wildman–Crippen LogP) is -1.38. The predicted molar refractivity (Wildman–Crippen MR) is 71.8 cm³/mol. The molecular weight excluding hydrogens is 280 g/mol. The Hall–Kier alpha value is -1.74. The van der Waals surface area contributed by atoms with E-state index < -0.39 is 25.4 Å². The third-order valence-electron chi connectivity index (χ3n) is 3.25. The molecule has 0 aliphatic heterocycles. The van der Waals surface area contributed by atoms with Crippen LogP contribution < -0.4 is 5.11 Å². The lowest BCUT2D eigenvalue weighted by Crippen LogP contribution is -2.58. The zero-order valence-corrected chi connectivity index (χ0v) is 12.1. The van der Waals surface area contributed by atoms with Crippen molar-refractivity contribution in [3.05, 3.63) is 24.4 Å². The van der Waals surface area contributed by atoms with Gasteiger partial charge in [0.1, 0.15) is 26.2 Å². The first kappa shape index (κ1) is 19.3. The molecule has 3 N–H and O–H groups in total. The molecule has 0 aliphatic carbocycles. The van der Waals surface area contributed by atoms with Crippen molar-refractivity contribution in [2.75, 3.05) is 26.6 Å². The number of hydrogen-bond donors (Lipinski definition) is 3. The number of rotatable bonds is 11. The van der Waals surface area contributed by atoms with Crippen LogP contribution in [0.3, 0.4) is 0 Å². The lowest BCUT2D eigenvalue weighted by atomic mass is 10.1. The first-order valence-electron chi connectivity index (χ1n) is 6.48. The molecule has 0 heterocycles. The molecule has 0 bridgehead atoms. The Kier molecular flexibility index (Phi) is 8.48. The van der Waals surface area contributed by atoms with Gasteiger partial charge in [-0.3, -0.25) is 0 Å². The van der Waals surface area contributed by atoms with Crippen LogP contribution in [-0.2, 0) is 9.59 Å². The third kappa shape index (κ3) is 6.05. The summed E-state index contributed by atoms with van der Waals surface area (Å²) < 4.78 is -0.131. The first-order chi connectivity index (χ1) is 9.82. The number of aliphatic carboxylic acids is 2. The van der Waals surface area contributed by atoms with Gasteiger partial charge in [-0.15, -0.1) is 0 Å². The van der Waals surface area contributed by atoms with Crippen molar-refractivity contribution >= 4 is 11.9 Å². The molecule has 21 heavy (non-hydrogen) atoms. The number of carboxylic acid groups (broad SMARTS) is 2. The normalized spacial score (nSPS) is 14.3. The standard InChI is InChI=1S/C13H22N2O6/c1-3-15(8-6-12(18)19,14(9-16)10-17)7-4-5-11(2)13(20)21/h6,8,16-17H,2-5,7,9-10H2,1H3,(H-,18,19,20,21). The van der Waals surface area contributed by atoms with Crippen molar-refractivity contribution in [1.29, 1.82) is 0 Å². The monoisotopic (exact) mass is 302 g/mol. The second-order valence-electron chi connectivity index (χ2n) is 4.46. The van der Waals surface area contributed by atoms with Gasteiger partial charge in [-0.25, -0.2) is 9.39 Å². The van der Waals surface area contributed by atoms with E-state index in [0.717, 1.165) is 6.08 Å². The second-order valence-corrected chi connectivity index (χ2v) is 4.46. The molecular formula is C13H22N2O6. The molecule has 0 aliphatic rings. The second kappa shape index (κ2) is 9.24. The van der Waals surface area contributed by atoms with Gasteiger partial charge in [0.2, 0.25) is 0 Å². The molecule has 0 aromatic carbocycles. The fraction of sp³-hybridized carbons (Fsp3) is 0.538. The summed E-state index contributed by atoms with van der Waals surface area (Å²) in [5.41, 5.74) is 0.0487. The van der Waals surface area contributed by atoms with Crippen molar-refractivity contribution in [2.45, 2.75) is 19.8 Å². The number of carboxylic acids is 2. The number of hydrogen-bond acceptors (Lipinski definition) is 6. The molecule has 0 amide bonds. The largest absolute Gasteiger partial charge is 0.545 e. The van der Waals surface area contributed by atoms with E-state index in [1.807, 2.05) is 0 Å². The van der Waals surface area contributed by atoms with Crippen LogP contribution in [0, 0.1) is 0 Å². The lowest BCUT2D eigenvalue weighted by molar-refractivity contribution is -0.997. The average molecular weight is 302 g/mol. The Labute approximate surface area is 123 Å². The molecule has 0 spiro atoms. The highest BCUT2D eigenvalue weighted by Crippen LogP contribution is 2.17. The van der Waals surface area contributed by atoms with Crippen molar-refractivity contribution in [1.82, 2.24) is 5.01 Å². The molecule has 1 unspecified atom stereocenters. The minimum Gasteiger partial charge on any atom is -0.545 e. The highest BCUT2D eigenvalue weighted by Gasteiger charge is 2.31. The van der Waals surface area contributed by atoms with Crippen LogP contribution >= 0.6 is 0 Å². The Balaban J connectivity index is 5.05. The summed E-state index contributed by atoms with van der Waals surface area (Å²) >= 11 is 0. The van der Waals surface area contributed by atoms with Gasteiger partial charge < -0.3 is 25.2 Å². The van der Waals surface area contributed by atoms with E-state index in [-0.39, 0.29) is 16.6 Å². The van der Waals surface area contributed by atoms with E-state index in [1.54, 1.807) is 6.92 Å². The van der Waals surface area contributed by atoms with Crippen LogP contribution in [0.2, 0.25) is 0 Å². The maximum atomic E-state index is 10.7. The Bertz CT molecular complexity index is 405. The number of carbonyl (C=O) groups excluding carboxylic acids is 1. The molecule has 0 aromatic heterocycles. The lowest BCUT2D eigenvalue weighted by Gasteiger charge is -2.40. The van der Waals surface area contributed by atoms with E-state index in [9.17, 15) is 24.9 Å². The van der Waals surface area contributed by atoms with Crippen LogP contribution in [-0.4, -0.2) is 63.4 Å². The van der Waals surface area contributed by atoms with Gasteiger partial charge in [0, 0.05) is 18.1 Å². The highest BCUT2D eigenvalue weighted by atomic mass is 16.4. The van der Waals surface area contributed by atoms with Crippen molar-refractivity contribution in [3.63, 3.8) is 0 Å². The SMILES string of the molecule is C=C(CCC[N+](C=CC(=O)[O-])(CC)N(CO)CO)C(=O)O. The fourth-order valence-electron chi connectivity index (χ4n) is 1.94. The number of quaternary nitrogens is 1. The first-order valence-corrected chi connectivity index (χ1v) is 6.48. The number of nitrogens with zero attached hydrogens (tertiary/aromatic N) is 2. The molecule has 1 atom stereocenters. The molecule has 0 aromatic rings. The van der Waals surface area contributed by atoms with Gasteiger partial charge in [-0.2, -0.15) is 0 Å². The van der Waals surface area contributed by atoms with Crippen molar-refractivity contribution in [3.8, 4) is 0 Å². The summed E-state index contributed by atoms with van der Waals surface area (Å²) in [5.74, 6) is -2.48. The zero-order chi connectivity index (χ0) is 16.5. The topological polar surface area (TPSA) is 121 Å². The smallest absolute Gasteiger partial charge is 0.330 e. The van der Waals surface area contributed by atoms with Crippen LogP contribution in [0.15, 0.2) is 24.4 Å². The molecule has 0 radical (unpaired) electrons. The summed E-state index contributed by atoms with van der Waals surface area (Å²) in [7, 11) is 0.